The number of hydrogen-bond acceptors (Lipinski definition) is 4. The van der Waals surface area contributed by atoms with Crippen LogP contribution in [-0.4, -0.2) is 39.2 Å². The molecule has 3 nitrogen and oxygen atoms in total. The van der Waals surface area contributed by atoms with Gasteiger partial charge >= 0.3 is 0 Å². The van der Waals surface area contributed by atoms with Crippen LogP contribution in [0.5, 0.6) is 0 Å². The van der Waals surface area contributed by atoms with E-state index in [-0.39, 0.29) is 0 Å². The standard InChI is InChI=1S/C14H23NO2S/c1-3-15-12-13-5-4-6-14(11-13)18-10-9-17-8-7-16-2/h4-6,11,15H,3,7-10,12H2,1-2H3. The van der Waals surface area contributed by atoms with Gasteiger partial charge in [0.25, 0.3) is 0 Å². The Morgan fingerprint density at radius 2 is 2.11 bits per heavy atom. The highest BCUT2D eigenvalue weighted by Crippen LogP contribution is 2.18. The van der Waals surface area contributed by atoms with Crippen LogP contribution in [0.15, 0.2) is 29.2 Å². The van der Waals surface area contributed by atoms with E-state index in [1.807, 2.05) is 11.8 Å². The van der Waals surface area contributed by atoms with E-state index < -0.39 is 0 Å². The minimum absolute atomic E-state index is 0.669. The largest absolute Gasteiger partial charge is 0.382 e. The molecule has 0 aliphatic carbocycles. The number of thioether (sulfide) groups is 1. The molecule has 0 fully saturated rings. The molecule has 0 saturated carbocycles. The van der Waals surface area contributed by atoms with Crippen molar-refractivity contribution in [3.8, 4) is 0 Å². The van der Waals surface area contributed by atoms with Crippen molar-refractivity contribution in [1.82, 2.24) is 5.32 Å². The van der Waals surface area contributed by atoms with Crippen molar-refractivity contribution in [2.45, 2.75) is 18.4 Å². The minimum Gasteiger partial charge on any atom is -0.382 e. The number of ether oxygens (including phenoxy) is 2. The summed E-state index contributed by atoms with van der Waals surface area (Å²) in [4.78, 5) is 1.31. The molecule has 0 aliphatic rings. The number of hydrogen-bond donors (Lipinski definition) is 1. The summed E-state index contributed by atoms with van der Waals surface area (Å²) >= 11 is 1.83. The molecule has 0 aromatic heterocycles. The van der Waals surface area contributed by atoms with Crippen molar-refractivity contribution >= 4 is 11.8 Å². The summed E-state index contributed by atoms with van der Waals surface area (Å²) in [6.45, 7) is 6.18. The third-order valence-corrected chi connectivity index (χ3v) is 3.36. The Bertz CT molecular complexity index is 320. The zero-order chi connectivity index (χ0) is 13.1. The van der Waals surface area contributed by atoms with Gasteiger partial charge in [0.05, 0.1) is 19.8 Å². The van der Waals surface area contributed by atoms with E-state index in [0.29, 0.717) is 13.2 Å². The second kappa shape index (κ2) is 10.4. The highest BCUT2D eigenvalue weighted by molar-refractivity contribution is 7.99. The lowest BCUT2D eigenvalue weighted by Gasteiger charge is -2.06. The van der Waals surface area contributed by atoms with Gasteiger partial charge in [-0.1, -0.05) is 19.1 Å². The molecule has 0 unspecified atom stereocenters. The quantitative estimate of drug-likeness (QED) is 0.522. The predicted octanol–water partition coefficient (Wildman–Crippen LogP) is 2.55. The van der Waals surface area contributed by atoms with Gasteiger partial charge in [-0.25, -0.2) is 0 Å². The van der Waals surface area contributed by atoms with Crippen LogP contribution >= 0.6 is 11.8 Å². The average molecular weight is 269 g/mol. The fourth-order valence-corrected chi connectivity index (χ4v) is 2.32. The Morgan fingerprint density at radius 1 is 1.22 bits per heavy atom. The zero-order valence-corrected chi connectivity index (χ0v) is 12.1. The van der Waals surface area contributed by atoms with Crippen molar-refractivity contribution in [2.75, 3.05) is 39.2 Å². The van der Waals surface area contributed by atoms with E-state index in [1.165, 1.54) is 10.5 Å². The Balaban J connectivity index is 2.20. The van der Waals surface area contributed by atoms with Gasteiger partial charge < -0.3 is 14.8 Å². The van der Waals surface area contributed by atoms with Crippen LogP contribution in [0.2, 0.25) is 0 Å². The lowest BCUT2D eigenvalue weighted by molar-refractivity contribution is 0.0790. The molecule has 1 rings (SSSR count). The summed E-state index contributed by atoms with van der Waals surface area (Å²) in [7, 11) is 1.69. The van der Waals surface area contributed by atoms with Crippen molar-refractivity contribution in [3.05, 3.63) is 29.8 Å². The van der Waals surface area contributed by atoms with E-state index in [2.05, 4.69) is 36.5 Å². The minimum atomic E-state index is 0.669. The number of benzene rings is 1. The first-order valence-corrected chi connectivity index (χ1v) is 7.34. The van der Waals surface area contributed by atoms with Crippen LogP contribution in [0, 0.1) is 0 Å². The third-order valence-electron chi connectivity index (χ3n) is 2.41. The van der Waals surface area contributed by atoms with Crippen LogP contribution < -0.4 is 5.32 Å². The van der Waals surface area contributed by atoms with Crippen molar-refractivity contribution < 1.29 is 9.47 Å². The van der Waals surface area contributed by atoms with E-state index in [4.69, 9.17) is 9.47 Å². The van der Waals surface area contributed by atoms with Crippen LogP contribution in [0.25, 0.3) is 0 Å². The molecule has 0 saturated heterocycles. The van der Waals surface area contributed by atoms with Gasteiger partial charge in [-0.15, -0.1) is 11.8 Å². The van der Waals surface area contributed by atoms with Crippen molar-refractivity contribution in [1.29, 1.82) is 0 Å². The van der Waals surface area contributed by atoms with E-state index >= 15 is 0 Å². The molecule has 102 valence electrons. The topological polar surface area (TPSA) is 30.5 Å². The maximum Gasteiger partial charge on any atom is 0.0700 e. The van der Waals surface area contributed by atoms with Crippen LogP contribution in [0.1, 0.15) is 12.5 Å². The molecular formula is C14H23NO2S. The molecule has 0 spiro atoms. The van der Waals surface area contributed by atoms with Crippen LogP contribution in [0.4, 0.5) is 0 Å². The van der Waals surface area contributed by atoms with E-state index in [1.54, 1.807) is 7.11 Å². The first-order valence-electron chi connectivity index (χ1n) is 6.36. The Morgan fingerprint density at radius 3 is 2.89 bits per heavy atom. The lowest BCUT2D eigenvalue weighted by Crippen LogP contribution is -2.11. The van der Waals surface area contributed by atoms with Crippen LogP contribution in [0.3, 0.4) is 0 Å². The predicted molar refractivity (Wildman–Crippen MR) is 77.2 cm³/mol. The maximum atomic E-state index is 5.43. The van der Waals surface area contributed by atoms with Gasteiger partial charge in [0, 0.05) is 24.3 Å². The van der Waals surface area contributed by atoms with E-state index in [9.17, 15) is 0 Å². The molecule has 18 heavy (non-hydrogen) atoms. The normalized spacial score (nSPS) is 10.8. The Hall–Kier alpha value is -0.550. The first kappa shape index (κ1) is 15.5. The summed E-state index contributed by atoms with van der Waals surface area (Å²) in [6, 6.07) is 8.65. The first-order chi connectivity index (χ1) is 8.86. The molecule has 1 aromatic carbocycles. The average Bonchev–Trinajstić information content (AvgIpc) is 2.41. The molecule has 0 heterocycles. The van der Waals surface area contributed by atoms with Crippen LogP contribution in [-0.2, 0) is 16.0 Å². The SMILES string of the molecule is CCNCc1cccc(SCCOCCOC)c1. The van der Waals surface area contributed by atoms with Gasteiger partial charge in [-0.05, 0) is 24.2 Å². The molecule has 1 N–H and O–H groups in total. The Kier molecular flexibility index (Phi) is 8.94. The van der Waals surface area contributed by atoms with Gasteiger partial charge in [0.15, 0.2) is 0 Å². The molecule has 1 aromatic rings. The molecule has 0 atom stereocenters. The molecule has 0 amide bonds. The summed E-state index contributed by atoms with van der Waals surface area (Å²) in [5.41, 5.74) is 1.34. The van der Waals surface area contributed by atoms with Crippen molar-refractivity contribution in [3.63, 3.8) is 0 Å². The second-order valence-corrected chi connectivity index (χ2v) is 5.05. The third kappa shape index (κ3) is 7.01. The number of rotatable bonds is 10. The highest BCUT2D eigenvalue weighted by atomic mass is 32.2. The highest BCUT2D eigenvalue weighted by Gasteiger charge is 1.97. The molecule has 0 bridgehead atoms. The Labute approximate surface area is 114 Å². The van der Waals surface area contributed by atoms with Gasteiger partial charge in [0.1, 0.15) is 0 Å². The monoisotopic (exact) mass is 269 g/mol. The number of methoxy groups -OCH3 is 1. The second-order valence-electron chi connectivity index (χ2n) is 3.88. The fourth-order valence-electron chi connectivity index (χ4n) is 1.48. The van der Waals surface area contributed by atoms with E-state index in [0.717, 1.165) is 25.4 Å². The molecular weight excluding hydrogens is 246 g/mol. The van der Waals surface area contributed by atoms with Gasteiger partial charge in [0.2, 0.25) is 0 Å². The molecule has 4 heteroatoms. The fraction of sp³-hybridized carbons (Fsp3) is 0.571. The molecule has 0 aliphatic heterocycles. The van der Waals surface area contributed by atoms with Crippen molar-refractivity contribution in [2.24, 2.45) is 0 Å². The zero-order valence-electron chi connectivity index (χ0n) is 11.3. The summed E-state index contributed by atoms with van der Waals surface area (Å²) in [6.07, 6.45) is 0. The van der Waals surface area contributed by atoms with Gasteiger partial charge in [-0.3, -0.25) is 0 Å². The molecule has 0 radical (unpaired) electrons. The lowest BCUT2D eigenvalue weighted by atomic mass is 10.2. The maximum absolute atomic E-state index is 5.43. The summed E-state index contributed by atoms with van der Waals surface area (Å²) in [5, 5.41) is 3.33. The smallest absolute Gasteiger partial charge is 0.0700 e. The number of nitrogens with one attached hydrogen (secondary N) is 1. The summed E-state index contributed by atoms with van der Waals surface area (Å²) < 4.78 is 10.4. The summed E-state index contributed by atoms with van der Waals surface area (Å²) in [5.74, 6) is 0.981. The van der Waals surface area contributed by atoms with Gasteiger partial charge in [-0.2, -0.15) is 0 Å².